The third-order valence-corrected chi connectivity index (χ3v) is 7.43. The van der Waals surface area contributed by atoms with E-state index < -0.39 is 0 Å². The van der Waals surface area contributed by atoms with Crippen LogP contribution in [0.1, 0.15) is 30.2 Å². The maximum absolute atomic E-state index is 12.4. The van der Waals surface area contributed by atoms with Gasteiger partial charge in [-0.2, -0.15) is 0 Å². The van der Waals surface area contributed by atoms with Gasteiger partial charge in [-0.25, -0.2) is 0 Å². The van der Waals surface area contributed by atoms with Gasteiger partial charge in [0.25, 0.3) is 0 Å². The number of fused-ring (bicyclic) bond motifs is 1. The van der Waals surface area contributed by atoms with Gasteiger partial charge in [-0.3, -0.25) is 4.79 Å². The van der Waals surface area contributed by atoms with Crippen LogP contribution in [0.15, 0.2) is 36.5 Å². The third kappa shape index (κ3) is 4.58. The minimum Gasteiger partial charge on any atom is -0.335 e. The van der Waals surface area contributed by atoms with Crippen LogP contribution in [0.4, 0.5) is 0 Å². The SMILES string of the molecule is C=CCN(CC=C)C(=O)CSc1nnc(-c2cc3c(s2)CCC(CC)C3)n1C. The predicted octanol–water partition coefficient (Wildman–Crippen LogP) is 4.35. The molecule has 3 rings (SSSR count). The third-order valence-electron chi connectivity index (χ3n) is 5.19. The smallest absolute Gasteiger partial charge is 0.233 e. The molecule has 0 fully saturated rings. The van der Waals surface area contributed by atoms with Gasteiger partial charge in [-0.05, 0) is 36.8 Å². The molecule has 0 saturated heterocycles. The Kier molecular flexibility index (Phi) is 7.13. The second-order valence-electron chi connectivity index (χ2n) is 7.11. The number of amides is 1. The summed E-state index contributed by atoms with van der Waals surface area (Å²) >= 11 is 3.26. The van der Waals surface area contributed by atoms with E-state index >= 15 is 0 Å². The van der Waals surface area contributed by atoms with Gasteiger partial charge in [-0.1, -0.05) is 37.3 Å². The number of hydrogen-bond acceptors (Lipinski definition) is 5. The first-order valence-electron chi connectivity index (χ1n) is 9.71. The van der Waals surface area contributed by atoms with Crippen LogP contribution in [0, 0.1) is 5.92 Å². The molecule has 1 amide bonds. The average Bonchev–Trinajstić information content (AvgIpc) is 3.28. The van der Waals surface area contributed by atoms with Gasteiger partial charge in [0.1, 0.15) is 0 Å². The summed E-state index contributed by atoms with van der Waals surface area (Å²) < 4.78 is 2.00. The van der Waals surface area contributed by atoms with Crippen LogP contribution in [-0.2, 0) is 24.7 Å². The van der Waals surface area contributed by atoms with Gasteiger partial charge in [0, 0.05) is 25.0 Å². The van der Waals surface area contributed by atoms with Crippen molar-refractivity contribution in [2.24, 2.45) is 13.0 Å². The number of thiophene rings is 1. The number of carbonyl (C=O) groups is 1. The van der Waals surface area contributed by atoms with E-state index in [0.717, 1.165) is 16.9 Å². The van der Waals surface area contributed by atoms with Crippen LogP contribution in [0.5, 0.6) is 0 Å². The minimum absolute atomic E-state index is 0.0477. The Bertz CT molecular complexity index is 845. The van der Waals surface area contributed by atoms with Crippen molar-refractivity contribution in [2.75, 3.05) is 18.8 Å². The molecule has 1 atom stereocenters. The molecule has 2 aromatic heterocycles. The Morgan fingerprint density at radius 1 is 1.39 bits per heavy atom. The summed E-state index contributed by atoms with van der Waals surface area (Å²) in [5, 5.41) is 9.50. The normalized spacial score (nSPS) is 15.9. The van der Waals surface area contributed by atoms with Crippen molar-refractivity contribution in [1.29, 1.82) is 0 Å². The first-order chi connectivity index (χ1) is 13.6. The zero-order valence-corrected chi connectivity index (χ0v) is 18.3. The second kappa shape index (κ2) is 9.56. The molecular formula is C21H28N4OS2. The average molecular weight is 417 g/mol. The summed E-state index contributed by atoms with van der Waals surface area (Å²) in [6.07, 6.45) is 8.35. The lowest BCUT2D eigenvalue weighted by atomic mass is 9.87. The molecule has 1 aliphatic carbocycles. The van der Waals surface area contributed by atoms with E-state index in [1.165, 1.54) is 52.8 Å². The van der Waals surface area contributed by atoms with Crippen molar-refractivity contribution in [3.8, 4) is 10.7 Å². The van der Waals surface area contributed by atoms with Gasteiger partial charge in [0.2, 0.25) is 5.91 Å². The van der Waals surface area contributed by atoms with Crippen molar-refractivity contribution in [3.05, 3.63) is 41.8 Å². The summed E-state index contributed by atoms with van der Waals surface area (Å²) in [6.45, 7) is 10.7. The number of aryl methyl sites for hydroxylation is 1. The van der Waals surface area contributed by atoms with Gasteiger partial charge < -0.3 is 9.47 Å². The van der Waals surface area contributed by atoms with Crippen LogP contribution in [-0.4, -0.2) is 44.4 Å². The lowest BCUT2D eigenvalue weighted by Crippen LogP contribution is -2.32. The van der Waals surface area contributed by atoms with E-state index in [9.17, 15) is 4.79 Å². The monoisotopic (exact) mass is 416 g/mol. The molecule has 0 bridgehead atoms. The van der Waals surface area contributed by atoms with Gasteiger partial charge in [0.15, 0.2) is 11.0 Å². The highest BCUT2D eigenvalue weighted by atomic mass is 32.2. The van der Waals surface area contributed by atoms with Crippen molar-refractivity contribution >= 4 is 29.0 Å². The van der Waals surface area contributed by atoms with E-state index in [0.29, 0.717) is 18.8 Å². The molecule has 1 aliphatic rings. The maximum atomic E-state index is 12.4. The first kappa shape index (κ1) is 20.9. The van der Waals surface area contributed by atoms with Crippen LogP contribution in [0.3, 0.4) is 0 Å². The van der Waals surface area contributed by atoms with Crippen LogP contribution >= 0.6 is 23.1 Å². The van der Waals surface area contributed by atoms with Crippen molar-refractivity contribution in [3.63, 3.8) is 0 Å². The summed E-state index contributed by atoms with van der Waals surface area (Å²) in [5.41, 5.74) is 1.48. The Balaban J connectivity index is 1.69. The fourth-order valence-electron chi connectivity index (χ4n) is 3.52. The molecule has 2 heterocycles. The highest BCUT2D eigenvalue weighted by Crippen LogP contribution is 2.38. The van der Waals surface area contributed by atoms with E-state index in [-0.39, 0.29) is 5.91 Å². The number of thioether (sulfide) groups is 1. The molecule has 0 spiro atoms. The fourth-order valence-corrected chi connectivity index (χ4v) is 5.56. The van der Waals surface area contributed by atoms with Crippen molar-refractivity contribution in [1.82, 2.24) is 19.7 Å². The zero-order chi connectivity index (χ0) is 20.1. The number of aromatic nitrogens is 3. The van der Waals surface area contributed by atoms with Crippen molar-refractivity contribution in [2.45, 2.75) is 37.8 Å². The lowest BCUT2D eigenvalue weighted by Gasteiger charge is -2.19. The molecule has 0 aromatic carbocycles. The Labute approximate surface area is 175 Å². The van der Waals surface area contributed by atoms with Gasteiger partial charge in [-0.15, -0.1) is 34.7 Å². The molecule has 0 N–H and O–H groups in total. The van der Waals surface area contributed by atoms with E-state index in [1.807, 2.05) is 23.0 Å². The molecule has 2 aromatic rings. The first-order valence-corrected chi connectivity index (χ1v) is 11.5. The zero-order valence-electron chi connectivity index (χ0n) is 16.7. The van der Waals surface area contributed by atoms with Crippen LogP contribution in [0.2, 0.25) is 0 Å². The summed E-state index contributed by atoms with van der Waals surface area (Å²) in [6, 6.07) is 2.29. The number of carbonyl (C=O) groups excluding carboxylic acids is 1. The molecule has 1 unspecified atom stereocenters. The van der Waals surface area contributed by atoms with E-state index in [4.69, 9.17) is 0 Å². The quantitative estimate of drug-likeness (QED) is 0.450. The highest BCUT2D eigenvalue weighted by Gasteiger charge is 2.23. The molecule has 150 valence electrons. The Morgan fingerprint density at radius 3 is 2.82 bits per heavy atom. The molecule has 5 nitrogen and oxygen atoms in total. The van der Waals surface area contributed by atoms with E-state index in [2.05, 4.69) is 36.3 Å². The van der Waals surface area contributed by atoms with Crippen molar-refractivity contribution < 1.29 is 4.79 Å². The minimum atomic E-state index is 0.0477. The van der Waals surface area contributed by atoms with Crippen LogP contribution in [0.25, 0.3) is 10.7 Å². The highest BCUT2D eigenvalue weighted by molar-refractivity contribution is 7.99. The Morgan fingerprint density at radius 2 is 2.14 bits per heavy atom. The summed E-state index contributed by atoms with van der Waals surface area (Å²) in [5.74, 6) is 2.07. The number of nitrogens with zero attached hydrogens (tertiary/aromatic N) is 4. The van der Waals surface area contributed by atoms with E-state index in [1.54, 1.807) is 17.1 Å². The van der Waals surface area contributed by atoms with Gasteiger partial charge >= 0.3 is 0 Å². The summed E-state index contributed by atoms with van der Waals surface area (Å²) in [4.78, 5) is 16.8. The van der Waals surface area contributed by atoms with Crippen LogP contribution < -0.4 is 0 Å². The standard InChI is InChI=1S/C21H28N4OS2/c1-5-10-25(11-6-2)19(26)14-27-21-23-22-20(24(21)4)18-13-16-12-15(7-3)8-9-17(16)28-18/h5-6,13,15H,1-2,7-12,14H2,3-4H3. The molecule has 28 heavy (non-hydrogen) atoms. The molecular weight excluding hydrogens is 388 g/mol. The maximum Gasteiger partial charge on any atom is 0.233 e. The predicted molar refractivity (Wildman–Crippen MR) is 118 cm³/mol. The molecule has 7 heteroatoms. The second-order valence-corrected chi connectivity index (χ2v) is 9.19. The summed E-state index contributed by atoms with van der Waals surface area (Å²) in [7, 11) is 1.97. The number of hydrogen-bond donors (Lipinski definition) is 0. The molecule has 0 radical (unpaired) electrons. The molecule has 0 saturated carbocycles. The van der Waals surface area contributed by atoms with Gasteiger partial charge in [0.05, 0.1) is 10.6 Å². The number of rotatable bonds is 9. The lowest BCUT2D eigenvalue weighted by molar-refractivity contribution is -0.127. The topological polar surface area (TPSA) is 51.0 Å². The largest absolute Gasteiger partial charge is 0.335 e. The Hall–Kier alpha value is -1.86. The fraction of sp³-hybridized carbons (Fsp3) is 0.476. The molecule has 0 aliphatic heterocycles.